The molecule has 0 aromatic rings. The van der Waals surface area contributed by atoms with Crippen LogP contribution in [0.5, 0.6) is 0 Å². The summed E-state index contributed by atoms with van der Waals surface area (Å²) >= 11 is 2.16. The van der Waals surface area contributed by atoms with Crippen LogP contribution in [-0.2, 0) is 0 Å². The highest BCUT2D eigenvalue weighted by Crippen LogP contribution is 2.32. The van der Waals surface area contributed by atoms with Crippen molar-refractivity contribution in [1.82, 2.24) is 0 Å². The van der Waals surface area contributed by atoms with Gasteiger partial charge in [0.2, 0.25) is 0 Å². The second kappa shape index (κ2) is 4.27. The van der Waals surface area contributed by atoms with Crippen LogP contribution in [0.2, 0.25) is 0 Å². The Kier molecular flexibility index (Phi) is 3.61. The summed E-state index contributed by atoms with van der Waals surface area (Å²) in [5.74, 6) is 2.29. The van der Waals surface area contributed by atoms with Crippen molar-refractivity contribution in [2.75, 3.05) is 5.75 Å². The Morgan fingerprint density at radius 2 is 2.00 bits per heavy atom. The summed E-state index contributed by atoms with van der Waals surface area (Å²) in [7, 11) is 0. The van der Waals surface area contributed by atoms with E-state index < -0.39 is 0 Å². The minimum Gasteiger partial charge on any atom is -0.159 e. The first-order valence-corrected chi connectivity index (χ1v) is 5.51. The van der Waals surface area contributed by atoms with Crippen LogP contribution in [0, 0.1) is 5.92 Å². The van der Waals surface area contributed by atoms with E-state index in [0.717, 1.165) is 11.2 Å². The second-order valence-corrected chi connectivity index (χ2v) is 4.77. The molecule has 0 bridgehead atoms. The zero-order valence-corrected chi connectivity index (χ0v) is 7.91. The monoisotopic (exact) mass is 158 g/mol. The number of hydrogen-bond donors (Lipinski definition) is 0. The predicted molar refractivity (Wildman–Crippen MR) is 49.6 cm³/mol. The molecule has 1 heteroatoms. The molecule has 0 saturated heterocycles. The molecule has 0 radical (unpaired) electrons. The van der Waals surface area contributed by atoms with Crippen LogP contribution < -0.4 is 0 Å². The minimum atomic E-state index is 0.985. The summed E-state index contributed by atoms with van der Waals surface area (Å²) in [4.78, 5) is 0. The van der Waals surface area contributed by atoms with Crippen LogP contribution >= 0.6 is 11.8 Å². The van der Waals surface area contributed by atoms with E-state index in [9.17, 15) is 0 Å². The summed E-state index contributed by atoms with van der Waals surface area (Å²) in [6.45, 7) is 4.68. The lowest BCUT2D eigenvalue weighted by Gasteiger charge is -2.27. The van der Waals surface area contributed by atoms with Gasteiger partial charge in [-0.3, -0.25) is 0 Å². The molecule has 1 rings (SSSR count). The maximum absolute atomic E-state index is 2.41. The van der Waals surface area contributed by atoms with Gasteiger partial charge in [-0.25, -0.2) is 0 Å². The minimum absolute atomic E-state index is 0.985. The SMILES string of the molecule is CCSC1CCCCC1C. The molecular weight excluding hydrogens is 140 g/mol. The second-order valence-electron chi connectivity index (χ2n) is 3.26. The Balaban J connectivity index is 2.25. The van der Waals surface area contributed by atoms with Gasteiger partial charge in [0.1, 0.15) is 0 Å². The zero-order valence-electron chi connectivity index (χ0n) is 7.10. The Labute approximate surface area is 68.8 Å². The summed E-state index contributed by atoms with van der Waals surface area (Å²) in [6.07, 6.45) is 5.89. The fourth-order valence-electron chi connectivity index (χ4n) is 1.74. The molecule has 0 aromatic carbocycles. The molecule has 1 fully saturated rings. The lowest BCUT2D eigenvalue weighted by Crippen LogP contribution is -2.18. The highest BCUT2D eigenvalue weighted by Gasteiger charge is 2.20. The van der Waals surface area contributed by atoms with Crippen LogP contribution in [0.25, 0.3) is 0 Å². The van der Waals surface area contributed by atoms with Gasteiger partial charge in [-0.1, -0.05) is 26.7 Å². The molecule has 1 saturated carbocycles. The van der Waals surface area contributed by atoms with Gasteiger partial charge < -0.3 is 0 Å². The molecule has 0 spiro atoms. The van der Waals surface area contributed by atoms with Crippen molar-refractivity contribution < 1.29 is 0 Å². The van der Waals surface area contributed by atoms with Gasteiger partial charge in [-0.05, 0) is 24.5 Å². The molecule has 2 unspecified atom stereocenters. The van der Waals surface area contributed by atoms with E-state index in [0.29, 0.717) is 0 Å². The Bertz CT molecular complexity index is 88.7. The highest BCUT2D eigenvalue weighted by atomic mass is 32.2. The van der Waals surface area contributed by atoms with Gasteiger partial charge in [0.25, 0.3) is 0 Å². The first kappa shape index (κ1) is 8.45. The van der Waals surface area contributed by atoms with Crippen molar-refractivity contribution in [3.05, 3.63) is 0 Å². The van der Waals surface area contributed by atoms with Crippen LogP contribution in [0.4, 0.5) is 0 Å². The van der Waals surface area contributed by atoms with E-state index in [-0.39, 0.29) is 0 Å². The van der Waals surface area contributed by atoms with Gasteiger partial charge in [-0.2, -0.15) is 11.8 Å². The van der Waals surface area contributed by atoms with E-state index in [1.54, 1.807) is 0 Å². The maximum Gasteiger partial charge on any atom is 0.00725 e. The van der Waals surface area contributed by atoms with E-state index >= 15 is 0 Å². The molecular formula is C9H18S. The van der Waals surface area contributed by atoms with Gasteiger partial charge in [-0.15, -0.1) is 0 Å². The third kappa shape index (κ3) is 2.19. The van der Waals surface area contributed by atoms with Crippen LogP contribution in [0.3, 0.4) is 0 Å². The number of thioether (sulfide) groups is 1. The van der Waals surface area contributed by atoms with Gasteiger partial charge in [0.05, 0.1) is 0 Å². The molecule has 0 aromatic heterocycles. The average molecular weight is 158 g/mol. The zero-order chi connectivity index (χ0) is 7.40. The van der Waals surface area contributed by atoms with Crippen LogP contribution in [-0.4, -0.2) is 11.0 Å². The van der Waals surface area contributed by atoms with E-state index in [2.05, 4.69) is 25.6 Å². The first-order valence-electron chi connectivity index (χ1n) is 4.46. The highest BCUT2D eigenvalue weighted by molar-refractivity contribution is 7.99. The first-order chi connectivity index (χ1) is 4.84. The van der Waals surface area contributed by atoms with Gasteiger partial charge in [0, 0.05) is 5.25 Å². The van der Waals surface area contributed by atoms with E-state index in [4.69, 9.17) is 0 Å². The summed E-state index contributed by atoms with van der Waals surface area (Å²) in [6, 6.07) is 0. The van der Waals surface area contributed by atoms with E-state index in [1.165, 1.54) is 31.4 Å². The third-order valence-corrected chi connectivity index (χ3v) is 3.88. The van der Waals surface area contributed by atoms with Crippen molar-refractivity contribution >= 4 is 11.8 Å². The van der Waals surface area contributed by atoms with Gasteiger partial charge in [0.15, 0.2) is 0 Å². The molecule has 1 aliphatic rings. The van der Waals surface area contributed by atoms with Crippen molar-refractivity contribution in [3.8, 4) is 0 Å². The fraction of sp³-hybridized carbons (Fsp3) is 1.00. The maximum atomic E-state index is 2.41. The molecule has 60 valence electrons. The smallest absolute Gasteiger partial charge is 0.00725 e. The standard InChI is InChI=1S/C9H18S/c1-3-10-9-7-5-4-6-8(9)2/h8-9H,3-7H2,1-2H3. The molecule has 0 amide bonds. The van der Waals surface area contributed by atoms with Gasteiger partial charge >= 0.3 is 0 Å². The normalized spacial score (nSPS) is 34.2. The molecule has 1 aliphatic carbocycles. The van der Waals surface area contributed by atoms with Crippen molar-refractivity contribution in [2.24, 2.45) is 5.92 Å². The molecule has 0 aliphatic heterocycles. The third-order valence-electron chi connectivity index (χ3n) is 2.41. The molecule has 10 heavy (non-hydrogen) atoms. The lowest BCUT2D eigenvalue weighted by atomic mass is 9.90. The van der Waals surface area contributed by atoms with Crippen LogP contribution in [0.1, 0.15) is 39.5 Å². The fourth-order valence-corrected chi connectivity index (χ4v) is 2.97. The van der Waals surface area contributed by atoms with E-state index in [1.807, 2.05) is 0 Å². The topological polar surface area (TPSA) is 0 Å². The van der Waals surface area contributed by atoms with Crippen molar-refractivity contribution in [1.29, 1.82) is 0 Å². The predicted octanol–water partition coefficient (Wildman–Crippen LogP) is 3.32. The summed E-state index contributed by atoms with van der Waals surface area (Å²) in [5, 5.41) is 0.985. The Morgan fingerprint density at radius 1 is 1.30 bits per heavy atom. The Morgan fingerprint density at radius 3 is 2.60 bits per heavy atom. The quantitative estimate of drug-likeness (QED) is 0.594. The van der Waals surface area contributed by atoms with Crippen molar-refractivity contribution in [2.45, 2.75) is 44.8 Å². The lowest BCUT2D eigenvalue weighted by molar-refractivity contribution is 0.398. The molecule has 0 nitrogen and oxygen atoms in total. The number of rotatable bonds is 2. The summed E-state index contributed by atoms with van der Waals surface area (Å²) in [5.41, 5.74) is 0. The summed E-state index contributed by atoms with van der Waals surface area (Å²) < 4.78 is 0. The number of hydrogen-bond acceptors (Lipinski definition) is 1. The average Bonchev–Trinajstić information content (AvgIpc) is 1.94. The Hall–Kier alpha value is 0.350. The molecule has 0 N–H and O–H groups in total. The molecule has 2 atom stereocenters. The molecule has 0 heterocycles. The van der Waals surface area contributed by atoms with Crippen molar-refractivity contribution in [3.63, 3.8) is 0 Å². The largest absolute Gasteiger partial charge is 0.159 e. The van der Waals surface area contributed by atoms with Crippen LogP contribution in [0.15, 0.2) is 0 Å².